The van der Waals surface area contributed by atoms with Crippen LogP contribution in [0.1, 0.15) is 25.7 Å². The molecule has 0 saturated heterocycles. The van der Waals surface area contributed by atoms with Crippen LogP contribution in [-0.2, 0) is 4.79 Å². The molecule has 1 aromatic rings. The molecule has 6 heteroatoms. The van der Waals surface area contributed by atoms with Gasteiger partial charge in [-0.15, -0.1) is 11.3 Å². The predicted molar refractivity (Wildman–Crippen MR) is 67.4 cm³/mol. The third kappa shape index (κ3) is 3.43. The summed E-state index contributed by atoms with van der Waals surface area (Å²) in [5.41, 5.74) is -0.720. The van der Waals surface area contributed by atoms with Gasteiger partial charge in [-0.1, -0.05) is 11.8 Å². The average Bonchev–Trinajstić information content (AvgIpc) is 2.80. The molecule has 1 fully saturated rings. The van der Waals surface area contributed by atoms with Crippen LogP contribution in [0.4, 0.5) is 0 Å². The Bertz CT molecular complexity index is 372. The smallest absolute Gasteiger partial charge is 0.306 e. The van der Waals surface area contributed by atoms with Crippen molar-refractivity contribution in [3.05, 3.63) is 11.6 Å². The fraction of sp³-hybridized carbons (Fsp3) is 0.636. The van der Waals surface area contributed by atoms with E-state index < -0.39 is 11.6 Å². The van der Waals surface area contributed by atoms with E-state index in [-0.39, 0.29) is 5.92 Å². The molecule has 1 heterocycles. The summed E-state index contributed by atoms with van der Waals surface area (Å²) in [5, 5.41) is 21.1. The van der Waals surface area contributed by atoms with Crippen LogP contribution in [0.15, 0.2) is 15.9 Å². The van der Waals surface area contributed by atoms with Crippen molar-refractivity contribution in [3.63, 3.8) is 0 Å². The van der Waals surface area contributed by atoms with Crippen molar-refractivity contribution in [3.8, 4) is 0 Å². The summed E-state index contributed by atoms with van der Waals surface area (Å²) in [5.74, 6) is -0.410. The Morgan fingerprint density at radius 2 is 2.29 bits per heavy atom. The molecule has 94 valence electrons. The lowest BCUT2D eigenvalue weighted by molar-refractivity contribution is -0.144. The van der Waals surface area contributed by atoms with E-state index in [1.807, 2.05) is 5.38 Å². The van der Waals surface area contributed by atoms with Gasteiger partial charge in [-0.2, -0.15) is 0 Å². The van der Waals surface area contributed by atoms with E-state index >= 15 is 0 Å². The molecule has 1 saturated carbocycles. The van der Waals surface area contributed by atoms with Gasteiger partial charge in [0.25, 0.3) is 0 Å². The Kier molecular flexibility index (Phi) is 4.06. The predicted octanol–water partition coefficient (Wildman–Crippen LogP) is 2.24. The van der Waals surface area contributed by atoms with Gasteiger partial charge in [0.15, 0.2) is 0 Å². The van der Waals surface area contributed by atoms with E-state index in [0.717, 1.165) is 4.34 Å². The van der Waals surface area contributed by atoms with Crippen molar-refractivity contribution in [2.45, 2.75) is 35.6 Å². The Labute approximate surface area is 108 Å². The molecule has 1 aliphatic rings. The zero-order valence-electron chi connectivity index (χ0n) is 9.33. The van der Waals surface area contributed by atoms with Crippen molar-refractivity contribution in [1.29, 1.82) is 0 Å². The fourth-order valence-corrected chi connectivity index (χ4v) is 3.82. The van der Waals surface area contributed by atoms with Gasteiger partial charge in [-0.3, -0.25) is 4.79 Å². The number of carboxylic acid groups (broad SMARTS) is 1. The number of aliphatic carboxylic acids is 1. The first kappa shape index (κ1) is 12.9. The second kappa shape index (κ2) is 5.37. The molecule has 0 amide bonds. The number of carbonyl (C=O) groups is 1. The van der Waals surface area contributed by atoms with Gasteiger partial charge in [0.2, 0.25) is 0 Å². The second-order valence-electron chi connectivity index (χ2n) is 4.42. The lowest BCUT2D eigenvalue weighted by Crippen LogP contribution is -2.38. The van der Waals surface area contributed by atoms with E-state index in [1.165, 1.54) is 0 Å². The number of aliphatic hydroxyl groups is 1. The van der Waals surface area contributed by atoms with E-state index in [0.29, 0.717) is 31.4 Å². The SMILES string of the molecule is O=C(O)C1CCC(O)(CSc2nccs2)CC1. The van der Waals surface area contributed by atoms with E-state index in [1.54, 1.807) is 29.3 Å². The summed E-state index contributed by atoms with van der Waals surface area (Å²) >= 11 is 3.11. The number of hydrogen-bond donors (Lipinski definition) is 2. The first-order valence-electron chi connectivity index (χ1n) is 5.56. The minimum Gasteiger partial charge on any atom is -0.481 e. The Hall–Kier alpha value is -0.590. The highest BCUT2D eigenvalue weighted by molar-refractivity contribution is 8.01. The largest absolute Gasteiger partial charge is 0.481 e. The molecule has 2 rings (SSSR count). The standard InChI is InChI=1S/C11H15NO3S2/c13-9(14)8-1-3-11(15,4-2-8)7-17-10-12-5-6-16-10/h5-6,8,15H,1-4,7H2,(H,13,14). The zero-order chi connectivity index (χ0) is 12.3. The van der Waals surface area contributed by atoms with Gasteiger partial charge in [0, 0.05) is 17.3 Å². The molecule has 0 bridgehead atoms. The highest BCUT2D eigenvalue weighted by Gasteiger charge is 2.35. The van der Waals surface area contributed by atoms with E-state index in [4.69, 9.17) is 5.11 Å². The highest BCUT2D eigenvalue weighted by Crippen LogP contribution is 2.36. The lowest BCUT2D eigenvalue weighted by Gasteiger charge is -2.34. The maximum absolute atomic E-state index is 10.8. The third-order valence-corrected chi connectivity index (χ3v) is 5.38. The molecule has 0 aliphatic heterocycles. The topological polar surface area (TPSA) is 70.4 Å². The molecule has 2 N–H and O–H groups in total. The normalized spacial score (nSPS) is 29.1. The number of rotatable bonds is 4. The highest BCUT2D eigenvalue weighted by atomic mass is 32.2. The molecule has 0 unspecified atom stereocenters. The van der Waals surface area contributed by atoms with Gasteiger partial charge in [0.05, 0.1) is 11.5 Å². The van der Waals surface area contributed by atoms with Gasteiger partial charge in [-0.05, 0) is 25.7 Å². The van der Waals surface area contributed by atoms with E-state index in [9.17, 15) is 9.90 Å². The summed E-state index contributed by atoms with van der Waals surface area (Å²) in [6.45, 7) is 0. The number of hydrogen-bond acceptors (Lipinski definition) is 5. The number of aromatic nitrogens is 1. The Morgan fingerprint density at radius 1 is 1.59 bits per heavy atom. The number of thioether (sulfide) groups is 1. The van der Waals surface area contributed by atoms with Gasteiger partial charge in [-0.25, -0.2) is 4.98 Å². The number of thiazole rings is 1. The molecule has 0 atom stereocenters. The monoisotopic (exact) mass is 273 g/mol. The molecule has 17 heavy (non-hydrogen) atoms. The minimum atomic E-state index is -0.736. The zero-order valence-corrected chi connectivity index (χ0v) is 11.0. The van der Waals surface area contributed by atoms with Gasteiger partial charge in [0.1, 0.15) is 4.34 Å². The van der Waals surface area contributed by atoms with Crippen LogP contribution in [0.25, 0.3) is 0 Å². The molecule has 0 spiro atoms. The van der Waals surface area contributed by atoms with Crippen molar-refractivity contribution in [1.82, 2.24) is 4.98 Å². The summed E-state index contributed by atoms with van der Waals surface area (Å²) in [7, 11) is 0. The minimum absolute atomic E-state index is 0.278. The first-order valence-corrected chi connectivity index (χ1v) is 7.43. The third-order valence-electron chi connectivity index (χ3n) is 3.14. The maximum Gasteiger partial charge on any atom is 0.306 e. The van der Waals surface area contributed by atoms with Crippen LogP contribution < -0.4 is 0 Å². The Balaban J connectivity index is 1.83. The van der Waals surface area contributed by atoms with Crippen molar-refractivity contribution < 1.29 is 15.0 Å². The Morgan fingerprint density at radius 3 is 2.82 bits per heavy atom. The van der Waals surface area contributed by atoms with Crippen LogP contribution in [0.3, 0.4) is 0 Å². The van der Waals surface area contributed by atoms with Crippen molar-refractivity contribution >= 4 is 29.1 Å². The summed E-state index contributed by atoms with van der Waals surface area (Å²) in [6, 6.07) is 0. The molecule has 1 aromatic heterocycles. The number of carboxylic acids is 1. The summed E-state index contributed by atoms with van der Waals surface area (Å²) in [6.07, 6.45) is 4.04. The molecular weight excluding hydrogens is 258 g/mol. The average molecular weight is 273 g/mol. The summed E-state index contributed by atoms with van der Waals surface area (Å²) in [4.78, 5) is 15.0. The van der Waals surface area contributed by atoms with Crippen LogP contribution >= 0.6 is 23.1 Å². The molecule has 4 nitrogen and oxygen atoms in total. The van der Waals surface area contributed by atoms with Crippen LogP contribution in [0.2, 0.25) is 0 Å². The maximum atomic E-state index is 10.8. The molecule has 0 radical (unpaired) electrons. The summed E-state index contributed by atoms with van der Waals surface area (Å²) < 4.78 is 0.957. The molecular formula is C11H15NO3S2. The van der Waals surface area contributed by atoms with Crippen molar-refractivity contribution in [2.75, 3.05) is 5.75 Å². The fourth-order valence-electron chi connectivity index (χ4n) is 2.02. The first-order chi connectivity index (χ1) is 8.09. The van der Waals surface area contributed by atoms with Crippen LogP contribution in [-0.4, -0.2) is 32.5 Å². The van der Waals surface area contributed by atoms with Gasteiger partial charge < -0.3 is 10.2 Å². The quantitative estimate of drug-likeness (QED) is 0.823. The van der Waals surface area contributed by atoms with Gasteiger partial charge >= 0.3 is 5.97 Å². The molecule has 0 aromatic carbocycles. The lowest BCUT2D eigenvalue weighted by atomic mass is 9.80. The number of nitrogens with zero attached hydrogens (tertiary/aromatic N) is 1. The van der Waals surface area contributed by atoms with E-state index in [2.05, 4.69) is 4.98 Å². The van der Waals surface area contributed by atoms with Crippen LogP contribution in [0.5, 0.6) is 0 Å². The van der Waals surface area contributed by atoms with Crippen molar-refractivity contribution in [2.24, 2.45) is 5.92 Å². The second-order valence-corrected chi connectivity index (χ2v) is 6.54. The van der Waals surface area contributed by atoms with Crippen LogP contribution in [0, 0.1) is 5.92 Å². The molecule has 1 aliphatic carbocycles.